The molecule has 26 heavy (non-hydrogen) atoms. The fourth-order valence-electron chi connectivity index (χ4n) is 3.73. The molecule has 1 atom stereocenters. The van der Waals surface area contributed by atoms with Crippen molar-refractivity contribution in [3.8, 4) is 0 Å². The van der Waals surface area contributed by atoms with Crippen molar-refractivity contribution in [1.82, 2.24) is 16.0 Å². The number of carbonyl (C=O) groups is 2. The van der Waals surface area contributed by atoms with Gasteiger partial charge in [-0.1, -0.05) is 26.0 Å². The summed E-state index contributed by atoms with van der Waals surface area (Å²) in [5, 5.41) is 11.3. The number of carbonyl (C=O) groups excluding carboxylic acids is 2. The van der Waals surface area contributed by atoms with Crippen LogP contribution in [0.15, 0.2) is 24.3 Å². The fraction of sp³-hybridized carbons (Fsp3) is 0.600. The van der Waals surface area contributed by atoms with Crippen LogP contribution in [0.4, 0.5) is 10.5 Å². The topological polar surface area (TPSA) is 82.3 Å². The quantitative estimate of drug-likeness (QED) is 0.590. The predicted octanol–water partition coefficient (Wildman–Crippen LogP) is 2.58. The number of hydrogen-bond donors (Lipinski definition) is 4. The number of amides is 3. The maximum atomic E-state index is 11.9. The Balaban J connectivity index is 1.38. The summed E-state index contributed by atoms with van der Waals surface area (Å²) in [5.41, 5.74) is 3.00. The van der Waals surface area contributed by atoms with E-state index in [0.29, 0.717) is 31.0 Å². The largest absolute Gasteiger partial charge is 0.383 e. The Morgan fingerprint density at radius 3 is 2.46 bits per heavy atom. The molecule has 1 aliphatic carbocycles. The van der Waals surface area contributed by atoms with Crippen molar-refractivity contribution in [2.24, 2.45) is 5.41 Å². The van der Waals surface area contributed by atoms with Crippen molar-refractivity contribution >= 4 is 17.6 Å². The summed E-state index contributed by atoms with van der Waals surface area (Å²) in [5.74, 6) is 0.535. The second-order valence-electron chi connectivity index (χ2n) is 8.19. The molecule has 1 heterocycles. The van der Waals surface area contributed by atoms with Crippen LogP contribution in [0, 0.1) is 5.41 Å². The van der Waals surface area contributed by atoms with Gasteiger partial charge in [-0.15, -0.1) is 0 Å². The number of hydrogen-bond acceptors (Lipinski definition) is 3. The maximum absolute atomic E-state index is 11.9. The molecule has 142 valence electrons. The molecule has 1 aromatic rings. The Hall–Kier alpha value is -2.24. The molecule has 3 amide bonds. The van der Waals surface area contributed by atoms with Gasteiger partial charge < -0.3 is 21.3 Å². The average molecular weight is 358 g/mol. The third kappa shape index (κ3) is 4.90. The molecule has 1 unspecified atom stereocenters. The molecule has 6 heteroatoms. The number of nitrogens with one attached hydrogen (secondary N) is 4. The molecule has 2 fully saturated rings. The second kappa shape index (κ2) is 7.98. The summed E-state index contributed by atoms with van der Waals surface area (Å²) < 4.78 is 0. The van der Waals surface area contributed by atoms with E-state index in [2.05, 4.69) is 59.4 Å². The van der Waals surface area contributed by atoms with E-state index in [9.17, 15) is 9.59 Å². The van der Waals surface area contributed by atoms with Crippen molar-refractivity contribution in [2.75, 3.05) is 25.0 Å². The standard InChI is InChI=1S/C20H30N4O2/c1-20(2)9-7-15(8-10-20)14-3-5-16(6-4-14)21-11-12-22-18(25)17-13-23-19(26)24-17/h3-6,15,17,21H,7-13H2,1-2H3,(H,22,25)(H2,23,24,26). The summed E-state index contributed by atoms with van der Waals surface area (Å²) in [4.78, 5) is 22.9. The van der Waals surface area contributed by atoms with Crippen LogP contribution in [0.5, 0.6) is 0 Å². The lowest BCUT2D eigenvalue weighted by Crippen LogP contribution is -2.44. The molecule has 3 rings (SSSR count). The van der Waals surface area contributed by atoms with E-state index < -0.39 is 6.04 Å². The molecule has 0 radical (unpaired) electrons. The Morgan fingerprint density at radius 1 is 1.15 bits per heavy atom. The normalized spacial score (nSPS) is 22.4. The van der Waals surface area contributed by atoms with E-state index in [4.69, 9.17) is 0 Å². The van der Waals surface area contributed by atoms with Gasteiger partial charge in [0.05, 0.1) is 0 Å². The third-order valence-corrected chi connectivity index (χ3v) is 5.56. The van der Waals surface area contributed by atoms with Gasteiger partial charge in [0.25, 0.3) is 0 Å². The van der Waals surface area contributed by atoms with Crippen LogP contribution in [0.25, 0.3) is 0 Å². The number of urea groups is 1. The molecule has 6 nitrogen and oxygen atoms in total. The van der Waals surface area contributed by atoms with Crippen LogP contribution in [-0.2, 0) is 4.79 Å². The smallest absolute Gasteiger partial charge is 0.315 e. The molecule has 0 bridgehead atoms. The minimum absolute atomic E-state index is 0.152. The molecular formula is C20H30N4O2. The Labute approximate surface area is 155 Å². The summed E-state index contributed by atoms with van der Waals surface area (Å²) in [6.45, 7) is 6.25. The Morgan fingerprint density at radius 2 is 1.85 bits per heavy atom. The third-order valence-electron chi connectivity index (χ3n) is 5.56. The van der Waals surface area contributed by atoms with Gasteiger partial charge in [-0.25, -0.2) is 4.79 Å². The summed E-state index contributed by atoms with van der Waals surface area (Å²) in [6, 6.07) is 7.94. The predicted molar refractivity (Wildman–Crippen MR) is 103 cm³/mol. The van der Waals surface area contributed by atoms with E-state index >= 15 is 0 Å². The van der Waals surface area contributed by atoms with E-state index in [1.165, 1.54) is 31.2 Å². The lowest BCUT2D eigenvalue weighted by Gasteiger charge is -2.34. The summed E-state index contributed by atoms with van der Waals surface area (Å²) in [6.07, 6.45) is 5.15. The summed E-state index contributed by atoms with van der Waals surface area (Å²) >= 11 is 0. The maximum Gasteiger partial charge on any atom is 0.315 e. The van der Waals surface area contributed by atoms with Gasteiger partial charge in [0.15, 0.2) is 0 Å². The highest BCUT2D eigenvalue weighted by molar-refractivity contribution is 5.90. The first-order valence-electron chi connectivity index (χ1n) is 9.59. The first kappa shape index (κ1) is 18.5. The first-order chi connectivity index (χ1) is 12.4. The monoisotopic (exact) mass is 358 g/mol. The molecular weight excluding hydrogens is 328 g/mol. The lowest BCUT2D eigenvalue weighted by molar-refractivity contribution is -0.122. The zero-order chi connectivity index (χ0) is 18.6. The van der Waals surface area contributed by atoms with Gasteiger partial charge >= 0.3 is 6.03 Å². The van der Waals surface area contributed by atoms with Crippen LogP contribution in [-0.4, -0.2) is 37.6 Å². The minimum atomic E-state index is -0.470. The van der Waals surface area contributed by atoms with Crippen LogP contribution < -0.4 is 21.3 Å². The molecule has 2 aliphatic rings. The average Bonchev–Trinajstić information content (AvgIpc) is 3.06. The van der Waals surface area contributed by atoms with Crippen molar-refractivity contribution in [2.45, 2.75) is 51.5 Å². The molecule has 0 aromatic heterocycles. The summed E-state index contributed by atoms with van der Waals surface area (Å²) in [7, 11) is 0. The van der Waals surface area contributed by atoms with Gasteiger partial charge in [0, 0.05) is 25.3 Å². The van der Waals surface area contributed by atoms with Gasteiger partial charge in [-0.3, -0.25) is 4.79 Å². The van der Waals surface area contributed by atoms with Crippen LogP contribution in [0.1, 0.15) is 51.0 Å². The first-order valence-corrected chi connectivity index (χ1v) is 9.59. The molecule has 0 spiro atoms. The van der Waals surface area contributed by atoms with Gasteiger partial charge in [0.2, 0.25) is 5.91 Å². The second-order valence-corrected chi connectivity index (χ2v) is 8.19. The van der Waals surface area contributed by atoms with E-state index in [0.717, 1.165) is 5.69 Å². The Kier molecular flexibility index (Phi) is 5.69. The number of benzene rings is 1. The zero-order valence-electron chi connectivity index (χ0n) is 15.7. The minimum Gasteiger partial charge on any atom is -0.383 e. The van der Waals surface area contributed by atoms with Crippen molar-refractivity contribution in [3.05, 3.63) is 29.8 Å². The number of anilines is 1. The van der Waals surface area contributed by atoms with Gasteiger partial charge in [0.1, 0.15) is 6.04 Å². The van der Waals surface area contributed by atoms with Crippen molar-refractivity contribution in [1.29, 1.82) is 0 Å². The zero-order valence-corrected chi connectivity index (χ0v) is 15.7. The highest BCUT2D eigenvalue weighted by Crippen LogP contribution is 2.42. The van der Waals surface area contributed by atoms with Gasteiger partial charge in [-0.05, 0) is 54.7 Å². The van der Waals surface area contributed by atoms with Crippen molar-refractivity contribution in [3.63, 3.8) is 0 Å². The van der Waals surface area contributed by atoms with Crippen molar-refractivity contribution < 1.29 is 9.59 Å². The molecule has 4 N–H and O–H groups in total. The fourth-order valence-corrected chi connectivity index (χ4v) is 3.73. The van der Waals surface area contributed by atoms with Crippen LogP contribution in [0.2, 0.25) is 0 Å². The molecule has 1 aliphatic heterocycles. The van der Waals surface area contributed by atoms with Crippen LogP contribution in [0.3, 0.4) is 0 Å². The Bertz CT molecular complexity index is 632. The molecule has 1 aromatic carbocycles. The van der Waals surface area contributed by atoms with E-state index in [1.54, 1.807) is 0 Å². The number of rotatable bonds is 6. The van der Waals surface area contributed by atoms with Crippen LogP contribution >= 0.6 is 0 Å². The SMILES string of the molecule is CC1(C)CCC(c2ccc(NCCNC(=O)C3CNC(=O)N3)cc2)CC1. The lowest BCUT2D eigenvalue weighted by atomic mass is 9.71. The van der Waals surface area contributed by atoms with E-state index in [1.807, 2.05) is 0 Å². The highest BCUT2D eigenvalue weighted by atomic mass is 16.2. The van der Waals surface area contributed by atoms with Gasteiger partial charge in [-0.2, -0.15) is 0 Å². The molecule has 1 saturated heterocycles. The molecule has 1 saturated carbocycles. The van der Waals surface area contributed by atoms with E-state index in [-0.39, 0.29) is 11.9 Å². The highest BCUT2D eigenvalue weighted by Gasteiger charge is 2.27.